The molecule has 1 amide bonds. The first-order chi connectivity index (χ1) is 6.25. The van der Waals surface area contributed by atoms with Gasteiger partial charge in [0.15, 0.2) is 3.92 Å². The molecule has 1 aliphatic rings. The summed E-state index contributed by atoms with van der Waals surface area (Å²) in [4.78, 5) is 15.8. The van der Waals surface area contributed by atoms with E-state index in [9.17, 15) is 4.79 Å². The Kier molecular flexibility index (Phi) is 2.42. The summed E-state index contributed by atoms with van der Waals surface area (Å²) < 4.78 is 0.675. The Balaban J connectivity index is 2.01. The van der Waals surface area contributed by atoms with Crippen LogP contribution in [0.2, 0.25) is 0 Å². The summed E-state index contributed by atoms with van der Waals surface area (Å²) in [7, 11) is 0. The molecule has 1 aromatic heterocycles. The molecule has 1 aromatic rings. The number of rotatable bonds is 2. The number of hydrogen-bond acceptors (Lipinski definition) is 6. The molecule has 0 aliphatic carbocycles. The minimum Gasteiger partial charge on any atom is -0.346 e. The molecule has 1 atom stereocenters. The van der Waals surface area contributed by atoms with E-state index in [4.69, 9.17) is 4.84 Å². The van der Waals surface area contributed by atoms with Crippen molar-refractivity contribution in [3.63, 3.8) is 0 Å². The van der Waals surface area contributed by atoms with Gasteiger partial charge in [0.05, 0.1) is 0 Å². The highest BCUT2D eigenvalue weighted by Gasteiger charge is 2.26. The maximum atomic E-state index is 11.0. The quantitative estimate of drug-likeness (QED) is 0.795. The van der Waals surface area contributed by atoms with E-state index in [1.54, 1.807) is 0 Å². The van der Waals surface area contributed by atoms with Crippen LogP contribution in [0.15, 0.2) is 3.92 Å². The molecule has 0 aromatic carbocycles. The molecule has 0 radical (unpaired) electrons. The van der Waals surface area contributed by atoms with E-state index < -0.39 is 0 Å². The third-order valence-corrected chi connectivity index (χ3v) is 2.72. The van der Waals surface area contributed by atoms with Crippen molar-refractivity contribution in [2.24, 2.45) is 0 Å². The molecular formula is C5H5BrN4O2S. The van der Waals surface area contributed by atoms with Gasteiger partial charge in [0.25, 0.3) is 5.91 Å². The lowest BCUT2D eigenvalue weighted by Crippen LogP contribution is -2.30. The molecule has 1 saturated heterocycles. The highest BCUT2D eigenvalue weighted by molar-refractivity contribution is 9.11. The molecular weight excluding hydrogens is 260 g/mol. The molecule has 1 unspecified atom stereocenters. The topological polar surface area (TPSA) is 76.1 Å². The summed E-state index contributed by atoms with van der Waals surface area (Å²) in [6, 6.07) is -0.375. The fourth-order valence-electron chi connectivity index (χ4n) is 0.863. The van der Waals surface area contributed by atoms with Crippen LogP contribution in [0.25, 0.3) is 0 Å². The summed E-state index contributed by atoms with van der Waals surface area (Å²) >= 11 is 4.49. The second kappa shape index (κ2) is 3.56. The molecule has 70 valence electrons. The van der Waals surface area contributed by atoms with E-state index >= 15 is 0 Å². The summed E-state index contributed by atoms with van der Waals surface area (Å²) in [5, 5.41) is 11.0. The number of amides is 1. The summed E-state index contributed by atoms with van der Waals surface area (Å²) in [6.07, 6.45) is 0. The maximum absolute atomic E-state index is 11.0. The molecule has 2 rings (SSSR count). The Morgan fingerprint density at radius 2 is 2.54 bits per heavy atom. The summed E-state index contributed by atoms with van der Waals surface area (Å²) in [6.45, 7) is 0.302. The van der Waals surface area contributed by atoms with Gasteiger partial charge in [-0.15, -0.1) is 10.2 Å². The minimum absolute atomic E-state index is 0.189. The Bertz CT molecular complexity index is 330. The lowest BCUT2D eigenvalue weighted by molar-refractivity contribution is -0.124. The van der Waals surface area contributed by atoms with Crippen LogP contribution in [0.4, 0.5) is 5.13 Å². The summed E-state index contributed by atoms with van der Waals surface area (Å²) in [5.41, 5.74) is 2.24. The molecule has 2 heterocycles. The Morgan fingerprint density at radius 3 is 3.08 bits per heavy atom. The van der Waals surface area contributed by atoms with E-state index in [-0.39, 0.29) is 11.9 Å². The first kappa shape index (κ1) is 8.85. The number of nitrogens with one attached hydrogen (secondary N) is 2. The third-order valence-electron chi connectivity index (χ3n) is 1.44. The second-order valence-corrected chi connectivity index (χ2v) is 4.59. The molecule has 1 aliphatic heterocycles. The number of carbonyl (C=O) groups excluding carboxylic acids is 1. The van der Waals surface area contributed by atoms with E-state index in [1.807, 2.05) is 0 Å². The number of hydrogen-bond donors (Lipinski definition) is 2. The van der Waals surface area contributed by atoms with Crippen LogP contribution in [0.5, 0.6) is 0 Å². The van der Waals surface area contributed by atoms with Crippen LogP contribution in [0.3, 0.4) is 0 Å². The first-order valence-electron chi connectivity index (χ1n) is 3.43. The lowest BCUT2D eigenvalue weighted by Gasteiger charge is -2.03. The predicted octanol–water partition coefficient (Wildman–Crippen LogP) is 0.142. The van der Waals surface area contributed by atoms with Gasteiger partial charge in [0.2, 0.25) is 5.13 Å². The first-order valence-corrected chi connectivity index (χ1v) is 5.04. The van der Waals surface area contributed by atoms with Gasteiger partial charge in [-0.1, -0.05) is 11.3 Å². The molecule has 2 N–H and O–H groups in total. The van der Waals surface area contributed by atoms with Crippen molar-refractivity contribution in [1.29, 1.82) is 0 Å². The minimum atomic E-state index is -0.375. The highest BCUT2D eigenvalue weighted by atomic mass is 79.9. The molecule has 6 nitrogen and oxygen atoms in total. The van der Waals surface area contributed by atoms with E-state index in [0.717, 1.165) is 0 Å². The van der Waals surface area contributed by atoms with Gasteiger partial charge in [-0.2, -0.15) is 0 Å². The van der Waals surface area contributed by atoms with Gasteiger partial charge in [-0.05, 0) is 15.9 Å². The molecule has 0 spiro atoms. The second-order valence-electron chi connectivity index (χ2n) is 2.33. The number of halogens is 1. The number of carbonyl (C=O) groups is 1. The van der Waals surface area contributed by atoms with Crippen molar-refractivity contribution < 1.29 is 9.63 Å². The molecule has 0 bridgehead atoms. The van der Waals surface area contributed by atoms with Crippen LogP contribution < -0.4 is 10.8 Å². The third kappa shape index (κ3) is 1.95. The van der Waals surface area contributed by atoms with Gasteiger partial charge in [0, 0.05) is 0 Å². The molecule has 13 heavy (non-hydrogen) atoms. The zero-order chi connectivity index (χ0) is 9.26. The number of aromatic nitrogens is 2. The monoisotopic (exact) mass is 264 g/mol. The zero-order valence-electron chi connectivity index (χ0n) is 6.28. The number of nitrogens with zero attached hydrogens (tertiary/aromatic N) is 2. The SMILES string of the molecule is O=C1NOCC1Nc1nnc(Br)s1. The number of anilines is 1. The fourth-order valence-corrected chi connectivity index (χ4v) is 1.93. The van der Waals surface area contributed by atoms with E-state index in [2.05, 4.69) is 36.9 Å². The summed E-state index contributed by atoms with van der Waals surface area (Å²) in [5.74, 6) is -0.189. The lowest BCUT2D eigenvalue weighted by atomic mass is 10.3. The molecule has 0 saturated carbocycles. The van der Waals surface area contributed by atoms with Crippen molar-refractivity contribution in [3.05, 3.63) is 3.92 Å². The van der Waals surface area contributed by atoms with Gasteiger partial charge in [-0.25, -0.2) is 5.48 Å². The average molecular weight is 265 g/mol. The standard InChI is InChI=1S/C5H5BrN4O2S/c6-4-8-9-5(13-4)7-2-1-12-10-3(2)11/h2H,1H2,(H,7,9)(H,10,11). The Morgan fingerprint density at radius 1 is 1.69 bits per heavy atom. The maximum Gasteiger partial charge on any atom is 0.268 e. The van der Waals surface area contributed by atoms with Crippen LogP contribution in [-0.4, -0.2) is 28.8 Å². The van der Waals surface area contributed by atoms with Gasteiger partial charge in [0.1, 0.15) is 12.6 Å². The van der Waals surface area contributed by atoms with Crippen LogP contribution in [-0.2, 0) is 9.63 Å². The fraction of sp³-hybridized carbons (Fsp3) is 0.400. The van der Waals surface area contributed by atoms with Crippen molar-refractivity contribution in [2.75, 3.05) is 11.9 Å². The van der Waals surface area contributed by atoms with Crippen molar-refractivity contribution in [2.45, 2.75) is 6.04 Å². The van der Waals surface area contributed by atoms with Gasteiger partial charge in [-0.3, -0.25) is 9.63 Å². The zero-order valence-corrected chi connectivity index (χ0v) is 8.68. The molecule has 8 heteroatoms. The van der Waals surface area contributed by atoms with Crippen molar-refractivity contribution in [3.8, 4) is 0 Å². The highest BCUT2D eigenvalue weighted by Crippen LogP contribution is 2.21. The predicted molar refractivity (Wildman–Crippen MR) is 49.1 cm³/mol. The van der Waals surface area contributed by atoms with E-state index in [1.165, 1.54) is 11.3 Å². The van der Waals surface area contributed by atoms with E-state index in [0.29, 0.717) is 15.7 Å². The Labute approximate surface area is 85.8 Å². The average Bonchev–Trinajstić information content (AvgIpc) is 2.64. The van der Waals surface area contributed by atoms with Crippen LogP contribution >= 0.6 is 27.3 Å². The smallest absolute Gasteiger partial charge is 0.268 e. The number of hydroxylamine groups is 1. The van der Waals surface area contributed by atoms with Gasteiger partial charge < -0.3 is 5.32 Å². The normalized spacial score (nSPS) is 21.6. The van der Waals surface area contributed by atoms with Crippen molar-refractivity contribution in [1.82, 2.24) is 15.7 Å². The Hall–Kier alpha value is -0.730. The van der Waals surface area contributed by atoms with Crippen LogP contribution in [0, 0.1) is 0 Å². The van der Waals surface area contributed by atoms with Crippen molar-refractivity contribution >= 4 is 38.3 Å². The van der Waals surface area contributed by atoms with Crippen LogP contribution in [0.1, 0.15) is 0 Å². The largest absolute Gasteiger partial charge is 0.346 e. The molecule has 1 fully saturated rings. The van der Waals surface area contributed by atoms with Gasteiger partial charge >= 0.3 is 0 Å².